The van der Waals surface area contributed by atoms with Crippen LogP contribution in [0.2, 0.25) is 0 Å². The Morgan fingerprint density at radius 1 is 1.23 bits per heavy atom. The Morgan fingerprint density at radius 3 is 2.50 bits per heavy atom. The van der Waals surface area contributed by atoms with Crippen LogP contribution in [0.3, 0.4) is 0 Å². The molecule has 114 valence electrons. The predicted octanol–water partition coefficient (Wildman–Crippen LogP) is 3.79. The molecule has 0 radical (unpaired) electrons. The van der Waals surface area contributed by atoms with Crippen LogP contribution in [-0.4, -0.2) is 17.9 Å². The van der Waals surface area contributed by atoms with Crippen LogP contribution >= 0.6 is 15.9 Å². The Morgan fingerprint density at radius 2 is 1.91 bits per heavy atom. The SMILES string of the molecule is CNc1ccc([N+](=O)[O-])cc1C(=O)Nc1ccc(Br)cc1F. The van der Waals surface area contributed by atoms with Gasteiger partial charge in [-0.25, -0.2) is 4.39 Å². The first kappa shape index (κ1) is 15.9. The number of nitrogens with one attached hydrogen (secondary N) is 2. The Labute approximate surface area is 133 Å². The van der Waals surface area contributed by atoms with Gasteiger partial charge >= 0.3 is 0 Å². The molecule has 0 saturated heterocycles. The van der Waals surface area contributed by atoms with Crippen LogP contribution < -0.4 is 10.6 Å². The maximum atomic E-state index is 13.7. The second-order valence-corrected chi connectivity index (χ2v) is 5.23. The van der Waals surface area contributed by atoms with E-state index in [0.29, 0.717) is 10.2 Å². The van der Waals surface area contributed by atoms with Crippen molar-refractivity contribution in [1.29, 1.82) is 0 Å². The summed E-state index contributed by atoms with van der Waals surface area (Å²) in [5.74, 6) is -1.26. The van der Waals surface area contributed by atoms with Crippen LogP contribution in [0.4, 0.5) is 21.5 Å². The zero-order valence-corrected chi connectivity index (χ0v) is 13.0. The highest BCUT2D eigenvalue weighted by atomic mass is 79.9. The third-order valence-corrected chi connectivity index (χ3v) is 3.40. The minimum atomic E-state index is -0.644. The summed E-state index contributed by atoms with van der Waals surface area (Å²) in [7, 11) is 1.58. The first-order valence-electron chi connectivity index (χ1n) is 6.15. The van der Waals surface area contributed by atoms with E-state index in [1.165, 1.54) is 24.3 Å². The number of non-ortho nitro benzene ring substituents is 1. The smallest absolute Gasteiger partial charge is 0.270 e. The van der Waals surface area contributed by atoms with Crippen molar-refractivity contribution in [2.45, 2.75) is 0 Å². The molecular formula is C14H11BrFN3O3. The van der Waals surface area contributed by atoms with Crippen molar-refractivity contribution in [3.05, 3.63) is 62.4 Å². The molecule has 0 aliphatic rings. The fourth-order valence-corrected chi connectivity index (χ4v) is 2.17. The number of benzene rings is 2. The number of nitro benzene ring substituents is 1. The van der Waals surface area contributed by atoms with Gasteiger partial charge in [0.2, 0.25) is 0 Å². The van der Waals surface area contributed by atoms with E-state index < -0.39 is 16.6 Å². The number of halogens is 2. The van der Waals surface area contributed by atoms with Crippen molar-refractivity contribution in [3.63, 3.8) is 0 Å². The van der Waals surface area contributed by atoms with Gasteiger partial charge in [-0.05, 0) is 24.3 Å². The first-order chi connectivity index (χ1) is 10.4. The number of anilines is 2. The summed E-state index contributed by atoms with van der Waals surface area (Å²) in [6, 6.07) is 8.02. The zero-order valence-electron chi connectivity index (χ0n) is 11.4. The molecule has 0 heterocycles. The fourth-order valence-electron chi connectivity index (χ4n) is 1.83. The van der Waals surface area contributed by atoms with Crippen LogP contribution in [0.15, 0.2) is 40.9 Å². The highest BCUT2D eigenvalue weighted by Gasteiger charge is 2.17. The molecule has 0 fully saturated rings. The van der Waals surface area contributed by atoms with Gasteiger partial charge in [-0.15, -0.1) is 0 Å². The van der Waals surface area contributed by atoms with Gasteiger partial charge in [0.15, 0.2) is 0 Å². The standard InChI is InChI=1S/C14H11BrFN3O3/c1-17-12-5-3-9(19(21)22)7-10(12)14(20)18-13-4-2-8(15)6-11(13)16/h2-7,17H,1H3,(H,18,20). The largest absolute Gasteiger partial charge is 0.387 e. The Kier molecular flexibility index (Phi) is 4.71. The van der Waals surface area contributed by atoms with Gasteiger partial charge in [0.25, 0.3) is 11.6 Å². The molecule has 0 unspecified atom stereocenters. The number of amides is 1. The molecule has 0 aliphatic carbocycles. The Balaban J connectivity index is 2.35. The third kappa shape index (κ3) is 3.40. The second kappa shape index (κ2) is 6.52. The van der Waals surface area contributed by atoms with E-state index in [1.807, 2.05) is 0 Å². The number of hydrogen-bond donors (Lipinski definition) is 2. The van der Waals surface area contributed by atoms with E-state index in [0.717, 1.165) is 6.07 Å². The van der Waals surface area contributed by atoms with Gasteiger partial charge in [-0.3, -0.25) is 14.9 Å². The molecule has 1 amide bonds. The number of rotatable bonds is 4. The molecule has 6 nitrogen and oxygen atoms in total. The van der Waals surface area contributed by atoms with Crippen LogP contribution in [0, 0.1) is 15.9 Å². The van der Waals surface area contributed by atoms with Crippen LogP contribution in [0.5, 0.6) is 0 Å². The normalized spacial score (nSPS) is 10.1. The molecule has 0 aliphatic heterocycles. The molecule has 0 saturated carbocycles. The maximum Gasteiger partial charge on any atom is 0.270 e. The van der Waals surface area contributed by atoms with Gasteiger partial charge in [0.1, 0.15) is 5.82 Å². The minimum Gasteiger partial charge on any atom is -0.387 e. The van der Waals surface area contributed by atoms with E-state index in [2.05, 4.69) is 26.6 Å². The van der Waals surface area contributed by atoms with Crippen molar-refractivity contribution < 1.29 is 14.1 Å². The van der Waals surface area contributed by atoms with Gasteiger partial charge in [0, 0.05) is 29.3 Å². The number of nitrogens with zero attached hydrogens (tertiary/aromatic N) is 1. The quantitative estimate of drug-likeness (QED) is 0.635. The summed E-state index contributed by atoms with van der Waals surface area (Å²) in [5.41, 5.74) is 0.224. The second-order valence-electron chi connectivity index (χ2n) is 4.32. The number of hydrogen-bond acceptors (Lipinski definition) is 4. The van der Waals surface area contributed by atoms with E-state index in [4.69, 9.17) is 0 Å². The molecule has 0 aromatic heterocycles. The third-order valence-electron chi connectivity index (χ3n) is 2.91. The number of carbonyl (C=O) groups is 1. The average Bonchev–Trinajstić information content (AvgIpc) is 2.49. The van der Waals surface area contributed by atoms with Gasteiger partial charge in [-0.2, -0.15) is 0 Å². The van der Waals surface area contributed by atoms with Crippen molar-refractivity contribution in [2.75, 3.05) is 17.7 Å². The van der Waals surface area contributed by atoms with Crippen molar-refractivity contribution in [2.24, 2.45) is 0 Å². The molecule has 0 atom stereocenters. The summed E-state index contributed by atoms with van der Waals surface area (Å²) < 4.78 is 14.3. The topological polar surface area (TPSA) is 84.3 Å². The van der Waals surface area contributed by atoms with E-state index in [-0.39, 0.29) is 16.9 Å². The molecule has 0 bridgehead atoms. The summed E-state index contributed by atoms with van der Waals surface area (Å²) in [4.78, 5) is 22.5. The van der Waals surface area contributed by atoms with Crippen LogP contribution in [-0.2, 0) is 0 Å². The molecule has 2 aromatic rings. The lowest BCUT2D eigenvalue weighted by Gasteiger charge is -2.10. The van der Waals surface area contributed by atoms with Gasteiger partial charge in [0.05, 0.1) is 16.2 Å². The Bertz CT molecular complexity index is 752. The summed E-state index contributed by atoms with van der Waals surface area (Å²) >= 11 is 3.12. The number of carbonyl (C=O) groups excluding carboxylic acids is 1. The fraction of sp³-hybridized carbons (Fsp3) is 0.0714. The molecule has 8 heteroatoms. The lowest BCUT2D eigenvalue weighted by atomic mass is 10.1. The monoisotopic (exact) mass is 367 g/mol. The highest BCUT2D eigenvalue weighted by molar-refractivity contribution is 9.10. The first-order valence-corrected chi connectivity index (χ1v) is 6.94. The molecule has 22 heavy (non-hydrogen) atoms. The summed E-state index contributed by atoms with van der Waals surface area (Å²) in [6.45, 7) is 0. The predicted molar refractivity (Wildman–Crippen MR) is 84.7 cm³/mol. The molecule has 0 spiro atoms. The van der Waals surface area contributed by atoms with Crippen molar-refractivity contribution in [1.82, 2.24) is 0 Å². The summed E-state index contributed by atoms with van der Waals surface area (Å²) in [5, 5.41) is 16.0. The van der Waals surface area contributed by atoms with Crippen molar-refractivity contribution in [3.8, 4) is 0 Å². The van der Waals surface area contributed by atoms with E-state index >= 15 is 0 Å². The average molecular weight is 368 g/mol. The maximum absolute atomic E-state index is 13.7. The molecule has 2 rings (SSSR count). The lowest BCUT2D eigenvalue weighted by Crippen LogP contribution is -2.15. The highest BCUT2D eigenvalue weighted by Crippen LogP contribution is 2.24. The molecule has 2 N–H and O–H groups in total. The molecular weight excluding hydrogens is 357 g/mol. The van der Waals surface area contributed by atoms with Crippen LogP contribution in [0.25, 0.3) is 0 Å². The summed E-state index contributed by atoms with van der Waals surface area (Å²) in [6.07, 6.45) is 0. The van der Waals surface area contributed by atoms with E-state index in [1.54, 1.807) is 13.1 Å². The van der Waals surface area contributed by atoms with Gasteiger partial charge < -0.3 is 10.6 Å². The Hall–Kier alpha value is -2.48. The van der Waals surface area contributed by atoms with E-state index in [9.17, 15) is 19.3 Å². The van der Waals surface area contributed by atoms with Crippen molar-refractivity contribution >= 4 is 38.9 Å². The van der Waals surface area contributed by atoms with Crippen LogP contribution in [0.1, 0.15) is 10.4 Å². The minimum absolute atomic E-state index is 0.0123. The number of nitro groups is 1. The van der Waals surface area contributed by atoms with Gasteiger partial charge in [-0.1, -0.05) is 15.9 Å². The zero-order chi connectivity index (χ0) is 16.3. The molecule has 2 aromatic carbocycles. The lowest BCUT2D eigenvalue weighted by molar-refractivity contribution is -0.384.